The topological polar surface area (TPSA) is 39.7 Å². The molecule has 0 heterocycles. The van der Waals surface area contributed by atoms with Crippen LogP contribution in [0.1, 0.15) is 39.2 Å². The van der Waals surface area contributed by atoms with E-state index in [2.05, 4.69) is 25.2 Å². The molecule has 0 bridgehead atoms. The molecule has 0 saturated carbocycles. The monoisotopic (exact) mass is 295 g/mol. The van der Waals surface area contributed by atoms with E-state index in [1.54, 1.807) is 7.11 Å². The van der Waals surface area contributed by atoms with Gasteiger partial charge in [-0.2, -0.15) is 0 Å². The molecule has 0 aliphatic carbocycles. The van der Waals surface area contributed by atoms with E-state index in [-0.39, 0.29) is 0 Å². The average molecular weight is 295 g/mol. The van der Waals surface area contributed by atoms with Crippen molar-refractivity contribution in [3.63, 3.8) is 0 Å². The van der Waals surface area contributed by atoms with Gasteiger partial charge in [0.25, 0.3) is 0 Å². The molecule has 4 nitrogen and oxygen atoms in total. The van der Waals surface area contributed by atoms with Crippen LogP contribution < -0.4 is 14.8 Å². The van der Waals surface area contributed by atoms with E-state index < -0.39 is 0 Å². The Kier molecular flexibility index (Phi) is 8.87. The van der Waals surface area contributed by atoms with Crippen molar-refractivity contribution >= 4 is 0 Å². The van der Waals surface area contributed by atoms with Gasteiger partial charge in [-0.25, -0.2) is 0 Å². The highest BCUT2D eigenvalue weighted by Gasteiger charge is 2.04. The first-order chi connectivity index (χ1) is 10.2. The van der Waals surface area contributed by atoms with Crippen molar-refractivity contribution in [1.29, 1.82) is 0 Å². The third-order valence-corrected chi connectivity index (χ3v) is 3.06. The van der Waals surface area contributed by atoms with Gasteiger partial charge < -0.3 is 19.5 Å². The van der Waals surface area contributed by atoms with E-state index in [1.807, 2.05) is 19.1 Å². The molecule has 0 radical (unpaired) electrons. The molecule has 0 aliphatic rings. The van der Waals surface area contributed by atoms with Crippen LogP contribution in [0.4, 0.5) is 0 Å². The predicted octanol–water partition coefficient (Wildman–Crippen LogP) is 3.39. The summed E-state index contributed by atoms with van der Waals surface area (Å²) in [6.45, 7) is 9.43. The molecule has 0 spiro atoms. The predicted molar refractivity (Wildman–Crippen MR) is 86.2 cm³/mol. The largest absolute Gasteiger partial charge is 0.493 e. The van der Waals surface area contributed by atoms with Crippen LogP contribution in [0.2, 0.25) is 0 Å². The van der Waals surface area contributed by atoms with Gasteiger partial charge in [0.05, 0.1) is 19.8 Å². The first kappa shape index (κ1) is 17.8. The van der Waals surface area contributed by atoms with Crippen molar-refractivity contribution in [3.05, 3.63) is 23.8 Å². The van der Waals surface area contributed by atoms with E-state index >= 15 is 0 Å². The molecule has 0 atom stereocenters. The van der Waals surface area contributed by atoms with Crippen LogP contribution in [0.5, 0.6) is 11.5 Å². The summed E-state index contributed by atoms with van der Waals surface area (Å²) in [5.41, 5.74) is 1.20. The van der Waals surface area contributed by atoms with E-state index in [1.165, 1.54) is 5.56 Å². The minimum absolute atomic E-state index is 0.328. The van der Waals surface area contributed by atoms with E-state index in [0.717, 1.165) is 44.0 Å². The fraction of sp³-hybridized carbons (Fsp3) is 0.647. The quantitative estimate of drug-likeness (QED) is 0.635. The molecule has 1 N–H and O–H groups in total. The van der Waals surface area contributed by atoms with Gasteiger partial charge in [0.2, 0.25) is 0 Å². The Morgan fingerprint density at radius 1 is 1.14 bits per heavy atom. The second-order valence-corrected chi connectivity index (χ2v) is 5.22. The lowest BCUT2D eigenvalue weighted by Gasteiger charge is -2.11. The van der Waals surface area contributed by atoms with Gasteiger partial charge in [0.1, 0.15) is 0 Å². The SMILES string of the molecule is CCOc1ccc(CNCCCCOC(C)C)cc1OC. The third-order valence-electron chi connectivity index (χ3n) is 3.06. The molecule has 120 valence electrons. The maximum Gasteiger partial charge on any atom is 0.161 e. The second kappa shape index (κ2) is 10.5. The summed E-state index contributed by atoms with van der Waals surface area (Å²) in [6.07, 6.45) is 2.55. The second-order valence-electron chi connectivity index (χ2n) is 5.22. The van der Waals surface area contributed by atoms with Crippen LogP contribution >= 0.6 is 0 Å². The van der Waals surface area contributed by atoms with Crippen molar-refractivity contribution < 1.29 is 14.2 Å². The first-order valence-electron chi connectivity index (χ1n) is 7.79. The smallest absolute Gasteiger partial charge is 0.161 e. The first-order valence-corrected chi connectivity index (χ1v) is 7.79. The number of benzene rings is 1. The number of unbranched alkanes of at least 4 members (excludes halogenated alkanes) is 1. The fourth-order valence-electron chi connectivity index (χ4n) is 2.00. The summed E-state index contributed by atoms with van der Waals surface area (Å²) in [6, 6.07) is 6.07. The molecule has 0 aliphatic heterocycles. The molecule has 21 heavy (non-hydrogen) atoms. The van der Waals surface area contributed by atoms with Crippen molar-refractivity contribution in [2.75, 3.05) is 26.9 Å². The van der Waals surface area contributed by atoms with Gasteiger partial charge in [-0.1, -0.05) is 6.07 Å². The summed E-state index contributed by atoms with van der Waals surface area (Å²) in [5.74, 6) is 1.59. The minimum Gasteiger partial charge on any atom is -0.493 e. The Balaban J connectivity index is 2.26. The van der Waals surface area contributed by atoms with Crippen LogP contribution in [0.15, 0.2) is 18.2 Å². The lowest BCUT2D eigenvalue weighted by atomic mass is 10.2. The lowest BCUT2D eigenvalue weighted by Crippen LogP contribution is -2.15. The highest BCUT2D eigenvalue weighted by molar-refractivity contribution is 5.42. The third kappa shape index (κ3) is 7.34. The van der Waals surface area contributed by atoms with Crippen LogP contribution in [-0.4, -0.2) is 33.0 Å². The van der Waals surface area contributed by atoms with Gasteiger partial charge in [0.15, 0.2) is 11.5 Å². The van der Waals surface area contributed by atoms with Crippen LogP contribution in [0.3, 0.4) is 0 Å². The molecule has 0 fully saturated rings. The zero-order valence-corrected chi connectivity index (χ0v) is 13.8. The summed E-state index contributed by atoms with van der Waals surface area (Å²) in [7, 11) is 1.67. The van der Waals surface area contributed by atoms with Gasteiger partial charge in [-0.15, -0.1) is 0 Å². The Morgan fingerprint density at radius 3 is 2.62 bits per heavy atom. The van der Waals surface area contributed by atoms with Gasteiger partial charge >= 0.3 is 0 Å². The van der Waals surface area contributed by atoms with Crippen molar-refractivity contribution in [2.45, 2.75) is 46.3 Å². The number of nitrogens with one attached hydrogen (secondary N) is 1. The van der Waals surface area contributed by atoms with Crippen LogP contribution in [0, 0.1) is 0 Å². The van der Waals surface area contributed by atoms with Crippen molar-refractivity contribution in [1.82, 2.24) is 5.32 Å². The Hall–Kier alpha value is -1.26. The maximum atomic E-state index is 5.51. The molecule has 0 amide bonds. The van der Waals surface area contributed by atoms with Gasteiger partial charge in [0, 0.05) is 13.2 Å². The maximum absolute atomic E-state index is 5.51. The molecule has 0 aromatic heterocycles. The normalized spacial score (nSPS) is 10.9. The number of methoxy groups -OCH3 is 1. The van der Waals surface area contributed by atoms with Gasteiger partial charge in [-0.3, -0.25) is 0 Å². The summed E-state index contributed by atoms with van der Waals surface area (Å²) >= 11 is 0. The van der Waals surface area contributed by atoms with E-state index in [9.17, 15) is 0 Å². The van der Waals surface area contributed by atoms with E-state index in [4.69, 9.17) is 14.2 Å². The van der Waals surface area contributed by atoms with Crippen LogP contribution in [-0.2, 0) is 11.3 Å². The molecule has 4 heteroatoms. The minimum atomic E-state index is 0.328. The Morgan fingerprint density at radius 2 is 1.95 bits per heavy atom. The number of hydrogen-bond donors (Lipinski definition) is 1. The number of hydrogen-bond acceptors (Lipinski definition) is 4. The molecule has 1 aromatic carbocycles. The fourth-order valence-corrected chi connectivity index (χ4v) is 2.00. The molecule has 1 aromatic rings. The molecule has 0 saturated heterocycles. The summed E-state index contributed by atoms with van der Waals surface area (Å²) < 4.78 is 16.4. The Labute approximate surface area is 128 Å². The highest BCUT2D eigenvalue weighted by atomic mass is 16.5. The number of ether oxygens (including phenoxy) is 3. The standard InChI is InChI=1S/C17H29NO3/c1-5-20-16-9-8-15(12-17(16)19-4)13-18-10-6-7-11-21-14(2)3/h8-9,12,14,18H,5-7,10-11,13H2,1-4H3. The molecule has 0 unspecified atom stereocenters. The highest BCUT2D eigenvalue weighted by Crippen LogP contribution is 2.27. The van der Waals surface area contributed by atoms with Crippen molar-refractivity contribution in [2.24, 2.45) is 0 Å². The molecular weight excluding hydrogens is 266 g/mol. The zero-order valence-electron chi connectivity index (χ0n) is 13.8. The van der Waals surface area contributed by atoms with Gasteiger partial charge in [-0.05, 0) is 57.9 Å². The summed E-state index contributed by atoms with van der Waals surface area (Å²) in [4.78, 5) is 0. The zero-order chi connectivity index (χ0) is 15.5. The Bertz CT molecular complexity index is 394. The van der Waals surface area contributed by atoms with E-state index in [0.29, 0.717) is 12.7 Å². The van der Waals surface area contributed by atoms with Crippen molar-refractivity contribution in [3.8, 4) is 11.5 Å². The average Bonchev–Trinajstić information content (AvgIpc) is 2.47. The lowest BCUT2D eigenvalue weighted by molar-refractivity contribution is 0.0760. The summed E-state index contributed by atoms with van der Waals surface area (Å²) in [5, 5.41) is 3.44. The van der Waals surface area contributed by atoms with Crippen LogP contribution in [0.25, 0.3) is 0 Å². The molecule has 1 rings (SSSR count). The number of rotatable bonds is 11. The molecular formula is C17H29NO3.